The maximum Gasteiger partial charge on any atom is 0.220 e. The van der Waals surface area contributed by atoms with E-state index in [4.69, 9.17) is 11.5 Å². The Morgan fingerprint density at radius 1 is 0.955 bits per heavy atom. The van der Waals surface area contributed by atoms with Crippen LogP contribution >= 0.6 is 9.24 Å². The van der Waals surface area contributed by atoms with E-state index in [2.05, 4.69) is 24.2 Å². The van der Waals surface area contributed by atoms with Crippen molar-refractivity contribution < 1.29 is 5.11 Å². The summed E-state index contributed by atoms with van der Waals surface area (Å²) in [5.74, 6) is 0.158. The Morgan fingerprint density at radius 2 is 1.77 bits per heavy atom. The third-order valence-electron chi connectivity index (χ3n) is 3.14. The van der Waals surface area contributed by atoms with Crippen LogP contribution in [0.1, 0.15) is 0 Å². The molecule has 5 N–H and O–H groups in total. The minimum Gasteiger partial charge on any atom is -0.506 e. The second-order valence-corrected chi connectivity index (χ2v) is 5.33. The first kappa shape index (κ1) is 14.2. The molecule has 2 aromatic heterocycles. The number of hydrogen-bond donors (Lipinski definition) is 3. The van der Waals surface area contributed by atoms with E-state index >= 15 is 0 Å². The molecule has 6 nitrogen and oxygen atoms in total. The van der Waals surface area contributed by atoms with Crippen LogP contribution in [0.4, 0.5) is 11.6 Å². The van der Waals surface area contributed by atoms with Crippen molar-refractivity contribution in [2.45, 2.75) is 0 Å². The molecule has 2 heterocycles. The van der Waals surface area contributed by atoms with Crippen molar-refractivity contribution in [3.8, 4) is 28.4 Å². The molecule has 0 bridgehead atoms. The fourth-order valence-electron chi connectivity index (χ4n) is 2.11. The Labute approximate surface area is 129 Å². The largest absolute Gasteiger partial charge is 0.506 e. The lowest BCUT2D eigenvalue weighted by Crippen LogP contribution is -2.02. The van der Waals surface area contributed by atoms with Gasteiger partial charge in [-0.2, -0.15) is 0 Å². The molecular formula is C15H14N5OP. The maximum absolute atomic E-state index is 10.1. The molecule has 0 aliphatic heterocycles. The maximum atomic E-state index is 10.1. The number of nitrogens with zero attached hydrogens (tertiary/aromatic N) is 3. The highest BCUT2D eigenvalue weighted by atomic mass is 31.0. The fraction of sp³-hybridized carbons (Fsp3) is 0. The van der Waals surface area contributed by atoms with Crippen LogP contribution in [-0.2, 0) is 0 Å². The molecule has 1 atom stereocenters. The number of rotatable bonds is 2. The Kier molecular flexibility index (Phi) is 3.61. The van der Waals surface area contributed by atoms with Gasteiger partial charge in [-0.1, -0.05) is 6.07 Å². The average Bonchev–Trinajstić information content (AvgIpc) is 2.48. The Bertz CT molecular complexity index is 853. The van der Waals surface area contributed by atoms with Gasteiger partial charge >= 0.3 is 0 Å². The standard InChI is InChI=1S/C15H14N5OP/c16-8-1-2-9(13(22)7-8)10-3-4-12(21)14(19-10)11-5-6-18-15(17)20-11/h1-7,21H,16,22H2,(H2,17,18,20). The van der Waals surface area contributed by atoms with E-state index in [0.717, 1.165) is 10.9 Å². The van der Waals surface area contributed by atoms with Gasteiger partial charge in [-0.15, -0.1) is 9.24 Å². The molecule has 0 aliphatic rings. The van der Waals surface area contributed by atoms with Crippen molar-refractivity contribution in [3.05, 3.63) is 42.6 Å². The van der Waals surface area contributed by atoms with Gasteiger partial charge in [0.2, 0.25) is 5.95 Å². The molecule has 110 valence electrons. The molecule has 0 spiro atoms. The van der Waals surface area contributed by atoms with Crippen LogP contribution in [0.5, 0.6) is 5.75 Å². The van der Waals surface area contributed by atoms with Crippen LogP contribution in [0.2, 0.25) is 0 Å². The number of aromatic hydroxyl groups is 1. The molecule has 3 rings (SSSR count). The van der Waals surface area contributed by atoms with Gasteiger partial charge in [-0.05, 0) is 35.6 Å². The highest BCUT2D eigenvalue weighted by Gasteiger charge is 2.12. The van der Waals surface area contributed by atoms with E-state index < -0.39 is 0 Å². The highest BCUT2D eigenvalue weighted by Crippen LogP contribution is 2.29. The van der Waals surface area contributed by atoms with E-state index in [1.807, 2.05) is 12.1 Å². The van der Waals surface area contributed by atoms with Gasteiger partial charge in [-0.25, -0.2) is 15.0 Å². The van der Waals surface area contributed by atoms with Crippen LogP contribution in [0.3, 0.4) is 0 Å². The Balaban J connectivity index is 2.14. The predicted octanol–water partition coefficient (Wildman–Crippen LogP) is 1.58. The molecule has 3 aromatic rings. The summed E-state index contributed by atoms with van der Waals surface area (Å²) >= 11 is 0. The third kappa shape index (κ3) is 2.69. The minimum absolute atomic E-state index is 0.0302. The zero-order valence-electron chi connectivity index (χ0n) is 11.6. The summed E-state index contributed by atoms with van der Waals surface area (Å²) in [6.07, 6.45) is 1.52. The van der Waals surface area contributed by atoms with Gasteiger partial charge < -0.3 is 16.6 Å². The summed E-state index contributed by atoms with van der Waals surface area (Å²) in [5, 5.41) is 11.0. The summed E-state index contributed by atoms with van der Waals surface area (Å²) in [4.78, 5) is 12.4. The van der Waals surface area contributed by atoms with E-state index in [-0.39, 0.29) is 11.7 Å². The Hall–Kier alpha value is -2.72. The van der Waals surface area contributed by atoms with Gasteiger partial charge in [0.25, 0.3) is 0 Å². The minimum atomic E-state index is 0.0302. The number of nitrogen functional groups attached to an aromatic ring is 2. The van der Waals surface area contributed by atoms with Crippen molar-refractivity contribution in [1.82, 2.24) is 15.0 Å². The molecular weight excluding hydrogens is 297 g/mol. The zero-order valence-corrected chi connectivity index (χ0v) is 12.7. The van der Waals surface area contributed by atoms with E-state index in [9.17, 15) is 5.11 Å². The van der Waals surface area contributed by atoms with Gasteiger partial charge in [0.1, 0.15) is 11.4 Å². The second kappa shape index (κ2) is 5.58. The van der Waals surface area contributed by atoms with Gasteiger partial charge in [0.15, 0.2) is 0 Å². The van der Waals surface area contributed by atoms with Crippen LogP contribution in [0.15, 0.2) is 42.6 Å². The first-order valence-corrected chi connectivity index (χ1v) is 7.06. The Morgan fingerprint density at radius 3 is 2.50 bits per heavy atom. The van der Waals surface area contributed by atoms with Crippen LogP contribution < -0.4 is 16.8 Å². The summed E-state index contributed by atoms with van der Waals surface area (Å²) in [6, 6.07) is 10.5. The molecule has 0 saturated carbocycles. The zero-order chi connectivity index (χ0) is 15.7. The number of aromatic nitrogens is 3. The second-order valence-electron chi connectivity index (χ2n) is 4.71. The van der Waals surface area contributed by atoms with E-state index in [1.54, 1.807) is 24.3 Å². The molecule has 0 aliphatic carbocycles. The summed E-state index contributed by atoms with van der Waals surface area (Å²) in [7, 11) is 2.63. The lowest BCUT2D eigenvalue weighted by molar-refractivity contribution is 0.475. The van der Waals surface area contributed by atoms with Crippen LogP contribution in [0, 0.1) is 0 Å². The third-order valence-corrected chi connectivity index (χ3v) is 3.62. The molecule has 0 fully saturated rings. The molecule has 0 radical (unpaired) electrons. The lowest BCUT2D eigenvalue weighted by atomic mass is 10.1. The predicted molar refractivity (Wildman–Crippen MR) is 90.5 cm³/mol. The quantitative estimate of drug-likeness (QED) is 0.489. The monoisotopic (exact) mass is 311 g/mol. The van der Waals surface area contributed by atoms with Crippen molar-refractivity contribution in [3.63, 3.8) is 0 Å². The molecule has 22 heavy (non-hydrogen) atoms. The molecule has 7 heteroatoms. The highest BCUT2D eigenvalue weighted by molar-refractivity contribution is 7.28. The smallest absolute Gasteiger partial charge is 0.220 e. The normalized spacial score (nSPS) is 10.6. The molecule has 1 aromatic carbocycles. The van der Waals surface area contributed by atoms with Gasteiger partial charge in [0.05, 0.1) is 11.4 Å². The van der Waals surface area contributed by atoms with Crippen molar-refractivity contribution >= 4 is 26.2 Å². The molecule has 0 amide bonds. The van der Waals surface area contributed by atoms with Gasteiger partial charge in [-0.3, -0.25) is 0 Å². The van der Waals surface area contributed by atoms with Crippen molar-refractivity contribution in [2.75, 3.05) is 11.5 Å². The average molecular weight is 311 g/mol. The van der Waals surface area contributed by atoms with Crippen molar-refractivity contribution in [2.24, 2.45) is 0 Å². The van der Waals surface area contributed by atoms with Crippen LogP contribution in [-0.4, -0.2) is 20.1 Å². The van der Waals surface area contributed by atoms with Gasteiger partial charge in [0, 0.05) is 17.4 Å². The van der Waals surface area contributed by atoms with Crippen LogP contribution in [0.25, 0.3) is 22.6 Å². The van der Waals surface area contributed by atoms with Crippen molar-refractivity contribution in [1.29, 1.82) is 0 Å². The lowest BCUT2D eigenvalue weighted by Gasteiger charge is -2.09. The van der Waals surface area contributed by atoms with E-state index in [1.165, 1.54) is 6.20 Å². The first-order chi connectivity index (χ1) is 10.5. The number of hydrogen-bond acceptors (Lipinski definition) is 6. The summed E-state index contributed by atoms with van der Waals surface area (Å²) in [6.45, 7) is 0. The number of anilines is 2. The molecule has 1 unspecified atom stereocenters. The number of benzene rings is 1. The summed E-state index contributed by atoms with van der Waals surface area (Å²) in [5.41, 5.74) is 14.5. The summed E-state index contributed by atoms with van der Waals surface area (Å²) < 4.78 is 0. The fourth-order valence-corrected chi connectivity index (χ4v) is 2.55. The first-order valence-electron chi connectivity index (χ1n) is 6.49. The topological polar surface area (TPSA) is 111 Å². The van der Waals surface area contributed by atoms with E-state index in [0.29, 0.717) is 22.8 Å². The molecule has 0 saturated heterocycles. The number of nitrogens with two attached hydrogens (primary N) is 2. The number of pyridine rings is 1. The SMILES string of the molecule is Nc1ccc(-c2ccc(O)c(-c3ccnc(N)n3)n2)c(P)c1.